The van der Waals surface area contributed by atoms with Gasteiger partial charge in [-0.15, -0.1) is 6.58 Å². The number of rotatable bonds is 4. The molecule has 0 saturated heterocycles. The number of carbonyl (C=O) groups is 1. The van der Waals surface area contributed by atoms with Crippen molar-refractivity contribution in [2.24, 2.45) is 7.05 Å². The Labute approximate surface area is 94.5 Å². The number of hydrogen-bond donors (Lipinski definition) is 1. The first kappa shape index (κ1) is 10.7. The van der Waals surface area contributed by atoms with Crippen LogP contribution in [0.5, 0.6) is 0 Å². The normalized spacial score (nSPS) is 14.8. The van der Waals surface area contributed by atoms with Crippen LogP contribution in [0.25, 0.3) is 0 Å². The van der Waals surface area contributed by atoms with Gasteiger partial charge in [0.2, 0.25) is 0 Å². The molecule has 1 aliphatic rings. The Bertz CT molecular complexity index is 400. The average molecular weight is 220 g/mol. The van der Waals surface area contributed by atoms with Gasteiger partial charge in [0.15, 0.2) is 0 Å². The lowest BCUT2D eigenvalue weighted by atomic mass is 10.3. The van der Waals surface area contributed by atoms with E-state index in [1.165, 1.54) is 10.9 Å². The van der Waals surface area contributed by atoms with E-state index < -0.39 is 0 Å². The van der Waals surface area contributed by atoms with Crippen molar-refractivity contribution < 1.29 is 4.79 Å². The van der Waals surface area contributed by atoms with Crippen molar-refractivity contribution in [3.05, 3.63) is 24.5 Å². The van der Waals surface area contributed by atoms with E-state index in [1.54, 1.807) is 18.0 Å². The SMILES string of the molecule is C=CCN(C(=O)c1c(N)cnn1C)C1CC1. The summed E-state index contributed by atoms with van der Waals surface area (Å²) in [7, 11) is 1.72. The molecule has 1 amide bonds. The zero-order valence-corrected chi connectivity index (χ0v) is 9.39. The standard InChI is InChI=1S/C11H16N4O/c1-3-6-15(8-4-5-8)11(16)10-9(12)7-13-14(10)2/h3,7-8H,1,4-6,12H2,2H3. The maximum Gasteiger partial charge on any atom is 0.274 e. The summed E-state index contributed by atoms with van der Waals surface area (Å²) in [6, 6.07) is 0.347. The zero-order chi connectivity index (χ0) is 11.7. The van der Waals surface area contributed by atoms with Crippen LogP contribution in [0.15, 0.2) is 18.9 Å². The van der Waals surface area contributed by atoms with Crippen LogP contribution in [0.3, 0.4) is 0 Å². The fraction of sp³-hybridized carbons (Fsp3) is 0.455. The molecule has 0 unspecified atom stereocenters. The molecule has 0 radical (unpaired) electrons. The fourth-order valence-corrected chi connectivity index (χ4v) is 1.78. The van der Waals surface area contributed by atoms with E-state index in [1.807, 2.05) is 0 Å². The van der Waals surface area contributed by atoms with Crippen LogP contribution >= 0.6 is 0 Å². The molecule has 1 heterocycles. The summed E-state index contributed by atoms with van der Waals surface area (Å²) < 4.78 is 1.52. The molecule has 1 aliphatic carbocycles. The Morgan fingerprint density at radius 3 is 2.94 bits per heavy atom. The Morgan fingerprint density at radius 1 is 1.81 bits per heavy atom. The summed E-state index contributed by atoms with van der Waals surface area (Å²) in [6.07, 6.45) is 5.38. The van der Waals surface area contributed by atoms with Gasteiger partial charge < -0.3 is 10.6 Å². The molecule has 1 fully saturated rings. The van der Waals surface area contributed by atoms with Crippen LogP contribution in [0, 0.1) is 0 Å². The Balaban J connectivity index is 2.25. The van der Waals surface area contributed by atoms with Crippen molar-refractivity contribution in [2.75, 3.05) is 12.3 Å². The molecule has 5 heteroatoms. The molecular formula is C11H16N4O. The molecule has 0 spiro atoms. The van der Waals surface area contributed by atoms with Gasteiger partial charge in [-0.05, 0) is 12.8 Å². The van der Waals surface area contributed by atoms with Gasteiger partial charge in [-0.3, -0.25) is 9.48 Å². The van der Waals surface area contributed by atoms with E-state index >= 15 is 0 Å². The van der Waals surface area contributed by atoms with Crippen LogP contribution < -0.4 is 5.73 Å². The maximum absolute atomic E-state index is 12.3. The topological polar surface area (TPSA) is 64.2 Å². The van der Waals surface area contributed by atoms with Crippen LogP contribution in [-0.4, -0.2) is 33.2 Å². The second kappa shape index (κ2) is 4.00. The van der Waals surface area contributed by atoms with Crippen molar-refractivity contribution >= 4 is 11.6 Å². The number of nitrogens with two attached hydrogens (primary N) is 1. The van der Waals surface area contributed by atoms with Gasteiger partial charge in [0, 0.05) is 19.6 Å². The quantitative estimate of drug-likeness (QED) is 0.763. The van der Waals surface area contributed by atoms with Crippen molar-refractivity contribution in [2.45, 2.75) is 18.9 Å². The Hall–Kier alpha value is -1.78. The lowest BCUT2D eigenvalue weighted by molar-refractivity contribution is 0.0752. The number of aromatic nitrogens is 2. The lowest BCUT2D eigenvalue weighted by Gasteiger charge is -2.20. The summed E-state index contributed by atoms with van der Waals surface area (Å²) in [4.78, 5) is 14.1. The van der Waals surface area contributed by atoms with Crippen LogP contribution in [0.1, 0.15) is 23.3 Å². The Kier molecular flexibility index (Phi) is 2.68. The number of carbonyl (C=O) groups excluding carboxylic acids is 1. The van der Waals surface area contributed by atoms with E-state index in [0.29, 0.717) is 24.0 Å². The minimum atomic E-state index is -0.0556. The second-order valence-corrected chi connectivity index (χ2v) is 4.05. The minimum Gasteiger partial charge on any atom is -0.396 e. The number of aryl methyl sites for hydroxylation is 1. The number of anilines is 1. The van der Waals surface area contributed by atoms with Gasteiger partial charge in [-0.2, -0.15) is 5.10 Å². The molecule has 1 saturated carbocycles. The molecular weight excluding hydrogens is 204 g/mol. The predicted molar refractivity (Wildman–Crippen MR) is 61.9 cm³/mol. The first-order valence-corrected chi connectivity index (χ1v) is 5.34. The molecule has 0 aromatic carbocycles. The molecule has 1 aromatic heterocycles. The number of amides is 1. The van der Waals surface area contributed by atoms with Crippen molar-refractivity contribution in [1.82, 2.24) is 14.7 Å². The number of nitrogens with zero attached hydrogens (tertiary/aromatic N) is 3. The fourth-order valence-electron chi connectivity index (χ4n) is 1.78. The van der Waals surface area contributed by atoms with E-state index in [-0.39, 0.29) is 5.91 Å². The summed E-state index contributed by atoms with van der Waals surface area (Å²) >= 11 is 0. The molecule has 0 aliphatic heterocycles. The van der Waals surface area contributed by atoms with Gasteiger partial charge in [0.25, 0.3) is 5.91 Å². The predicted octanol–water partition coefficient (Wildman–Crippen LogP) is 0.793. The Morgan fingerprint density at radius 2 is 2.50 bits per heavy atom. The molecule has 1 aromatic rings. The van der Waals surface area contributed by atoms with E-state index in [4.69, 9.17) is 5.73 Å². The van der Waals surface area contributed by atoms with Crippen LogP contribution in [0.4, 0.5) is 5.69 Å². The van der Waals surface area contributed by atoms with Gasteiger partial charge in [-0.1, -0.05) is 6.08 Å². The van der Waals surface area contributed by atoms with Crippen molar-refractivity contribution in [1.29, 1.82) is 0 Å². The maximum atomic E-state index is 12.3. The summed E-state index contributed by atoms with van der Waals surface area (Å²) in [6.45, 7) is 4.24. The van der Waals surface area contributed by atoms with Crippen molar-refractivity contribution in [3.8, 4) is 0 Å². The highest BCUT2D eigenvalue weighted by molar-refractivity contribution is 5.97. The van der Waals surface area contributed by atoms with Gasteiger partial charge in [-0.25, -0.2) is 0 Å². The van der Waals surface area contributed by atoms with Crippen LogP contribution in [-0.2, 0) is 7.05 Å². The van der Waals surface area contributed by atoms with E-state index in [0.717, 1.165) is 12.8 Å². The number of hydrogen-bond acceptors (Lipinski definition) is 3. The molecule has 16 heavy (non-hydrogen) atoms. The zero-order valence-electron chi connectivity index (χ0n) is 9.39. The third-order valence-electron chi connectivity index (χ3n) is 2.74. The highest BCUT2D eigenvalue weighted by atomic mass is 16.2. The molecule has 0 bridgehead atoms. The summed E-state index contributed by atoms with van der Waals surface area (Å²) in [5.41, 5.74) is 6.64. The third kappa shape index (κ3) is 1.80. The first-order chi connectivity index (χ1) is 7.65. The van der Waals surface area contributed by atoms with Crippen LogP contribution in [0.2, 0.25) is 0 Å². The third-order valence-corrected chi connectivity index (χ3v) is 2.74. The molecule has 86 valence electrons. The number of nitrogen functional groups attached to an aromatic ring is 1. The monoisotopic (exact) mass is 220 g/mol. The summed E-state index contributed by atoms with van der Waals surface area (Å²) in [5, 5.41) is 3.98. The smallest absolute Gasteiger partial charge is 0.274 e. The largest absolute Gasteiger partial charge is 0.396 e. The minimum absolute atomic E-state index is 0.0556. The van der Waals surface area contributed by atoms with E-state index in [2.05, 4.69) is 11.7 Å². The molecule has 2 rings (SSSR count). The highest BCUT2D eigenvalue weighted by Gasteiger charge is 2.34. The van der Waals surface area contributed by atoms with Gasteiger partial charge in [0.05, 0.1) is 11.9 Å². The second-order valence-electron chi connectivity index (χ2n) is 4.05. The summed E-state index contributed by atoms with van der Waals surface area (Å²) in [5.74, 6) is -0.0556. The van der Waals surface area contributed by atoms with Crippen molar-refractivity contribution in [3.63, 3.8) is 0 Å². The first-order valence-electron chi connectivity index (χ1n) is 5.34. The van der Waals surface area contributed by atoms with Gasteiger partial charge >= 0.3 is 0 Å². The molecule has 2 N–H and O–H groups in total. The highest BCUT2D eigenvalue weighted by Crippen LogP contribution is 2.28. The molecule has 5 nitrogen and oxygen atoms in total. The van der Waals surface area contributed by atoms with Gasteiger partial charge in [0.1, 0.15) is 5.69 Å². The van der Waals surface area contributed by atoms with E-state index in [9.17, 15) is 4.79 Å². The molecule has 0 atom stereocenters. The average Bonchev–Trinajstić information content (AvgIpc) is 3.02. The lowest BCUT2D eigenvalue weighted by Crippen LogP contribution is -2.34.